The van der Waals surface area contributed by atoms with E-state index in [-0.39, 0.29) is 17.1 Å². The normalized spacial score (nSPS) is 12.0. The summed E-state index contributed by atoms with van der Waals surface area (Å²) in [5.41, 5.74) is 0. The molecular weight excluding hydrogens is 224 g/mol. The Bertz CT molecular complexity index is 182. The molecule has 0 aliphatic rings. The fraction of sp³-hybridized carbons (Fsp3) is 0.714. The van der Waals surface area contributed by atoms with Crippen molar-refractivity contribution < 1.29 is 9.59 Å². The van der Waals surface area contributed by atoms with Gasteiger partial charge in [0.1, 0.15) is 6.04 Å². The fourth-order valence-electron chi connectivity index (χ4n) is 0.729. The zero-order valence-corrected chi connectivity index (χ0v) is 9.01. The smallest absolute Gasteiger partial charge is 0.244 e. The summed E-state index contributed by atoms with van der Waals surface area (Å²) < 4.78 is 0. The second-order valence-corrected chi connectivity index (χ2v) is 3.22. The maximum absolute atomic E-state index is 11.2. The predicted octanol–water partition coefficient (Wildman–Crippen LogP) is -0.0258. The van der Waals surface area contributed by atoms with Crippen molar-refractivity contribution in [1.29, 1.82) is 0 Å². The fourth-order valence-corrected chi connectivity index (χ4v) is 0.891. The Hall–Kier alpha value is -0.580. The van der Waals surface area contributed by atoms with Crippen LogP contribution in [0.3, 0.4) is 0 Å². The molecule has 0 spiro atoms. The van der Waals surface area contributed by atoms with Crippen LogP contribution >= 0.6 is 15.9 Å². The van der Waals surface area contributed by atoms with Crippen molar-refractivity contribution in [2.75, 3.05) is 19.4 Å². The van der Waals surface area contributed by atoms with Crippen LogP contribution < -0.4 is 5.32 Å². The van der Waals surface area contributed by atoms with Crippen molar-refractivity contribution in [1.82, 2.24) is 10.2 Å². The maximum Gasteiger partial charge on any atom is 0.244 e. The minimum absolute atomic E-state index is 0.107. The Balaban J connectivity index is 3.95. The molecular formula is C7H13BrN2O2. The number of alkyl halides is 1. The van der Waals surface area contributed by atoms with Crippen LogP contribution in [0.2, 0.25) is 0 Å². The van der Waals surface area contributed by atoms with E-state index in [1.165, 1.54) is 4.90 Å². The molecule has 1 atom stereocenters. The van der Waals surface area contributed by atoms with Gasteiger partial charge in [-0.1, -0.05) is 15.9 Å². The maximum atomic E-state index is 11.2. The summed E-state index contributed by atoms with van der Waals surface area (Å²) in [6.07, 6.45) is 0. The largest absolute Gasteiger partial charge is 0.347 e. The van der Waals surface area contributed by atoms with Crippen LogP contribution in [0.5, 0.6) is 0 Å². The van der Waals surface area contributed by atoms with E-state index in [0.717, 1.165) is 0 Å². The SMILES string of the molecule is CC(NC(=O)CBr)C(=O)N(C)C. The molecule has 2 amide bonds. The van der Waals surface area contributed by atoms with Gasteiger partial charge < -0.3 is 10.2 Å². The molecule has 0 aromatic heterocycles. The molecule has 0 aromatic carbocycles. The van der Waals surface area contributed by atoms with Crippen LogP contribution in [-0.2, 0) is 9.59 Å². The molecule has 0 saturated carbocycles. The van der Waals surface area contributed by atoms with Gasteiger partial charge in [0.2, 0.25) is 11.8 Å². The third-order valence-corrected chi connectivity index (χ3v) is 1.82. The number of halogens is 1. The first-order valence-electron chi connectivity index (χ1n) is 3.55. The summed E-state index contributed by atoms with van der Waals surface area (Å²) in [4.78, 5) is 23.5. The zero-order valence-electron chi connectivity index (χ0n) is 7.43. The molecule has 1 N–H and O–H groups in total. The standard InChI is InChI=1S/C7H13BrN2O2/c1-5(7(12)10(2)3)9-6(11)4-8/h5H,4H2,1-3H3,(H,9,11). The van der Waals surface area contributed by atoms with Crippen molar-refractivity contribution in [3.8, 4) is 0 Å². The molecule has 4 nitrogen and oxygen atoms in total. The lowest BCUT2D eigenvalue weighted by Gasteiger charge is -2.17. The number of rotatable bonds is 3. The molecule has 0 aromatic rings. The van der Waals surface area contributed by atoms with Crippen LogP contribution in [0.1, 0.15) is 6.92 Å². The van der Waals surface area contributed by atoms with Crippen LogP contribution in [-0.4, -0.2) is 42.2 Å². The van der Waals surface area contributed by atoms with E-state index >= 15 is 0 Å². The molecule has 70 valence electrons. The summed E-state index contributed by atoms with van der Waals surface area (Å²) in [6, 6.07) is -0.454. The Morgan fingerprint density at radius 3 is 2.33 bits per heavy atom. The molecule has 0 bridgehead atoms. The highest BCUT2D eigenvalue weighted by Gasteiger charge is 2.15. The summed E-state index contributed by atoms with van der Waals surface area (Å²) >= 11 is 2.99. The highest BCUT2D eigenvalue weighted by molar-refractivity contribution is 9.09. The lowest BCUT2D eigenvalue weighted by atomic mass is 10.3. The Morgan fingerprint density at radius 2 is 2.00 bits per heavy atom. The van der Waals surface area contributed by atoms with Crippen molar-refractivity contribution in [3.05, 3.63) is 0 Å². The van der Waals surface area contributed by atoms with Gasteiger partial charge in [0.05, 0.1) is 5.33 Å². The third-order valence-electron chi connectivity index (χ3n) is 1.31. The Kier molecular flexibility index (Phi) is 4.89. The number of hydrogen-bond donors (Lipinski definition) is 1. The van der Waals surface area contributed by atoms with E-state index < -0.39 is 6.04 Å². The second kappa shape index (κ2) is 5.13. The van der Waals surface area contributed by atoms with Crippen molar-refractivity contribution in [2.45, 2.75) is 13.0 Å². The van der Waals surface area contributed by atoms with Crippen LogP contribution in [0, 0.1) is 0 Å². The van der Waals surface area contributed by atoms with Gasteiger partial charge in [-0.25, -0.2) is 0 Å². The molecule has 0 aliphatic heterocycles. The van der Waals surface area contributed by atoms with Crippen molar-refractivity contribution in [3.63, 3.8) is 0 Å². The van der Waals surface area contributed by atoms with Gasteiger partial charge in [0.15, 0.2) is 0 Å². The van der Waals surface area contributed by atoms with Gasteiger partial charge in [0.25, 0.3) is 0 Å². The number of likely N-dealkylation sites (N-methyl/N-ethyl adjacent to an activating group) is 1. The lowest BCUT2D eigenvalue weighted by Crippen LogP contribution is -2.44. The Labute approximate surface area is 80.4 Å². The van der Waals surface area contributed by atoms with Gasteiger partial charge in [-0.05, 0) is 6.92 Å². The minimum atomic E-state index is -0.454. The molecule has 0 aliphatic carbocycles. The third kappa shape index (κ3) is 3.71. The molecule has 0 heterocycles. The zero-order chi connectivity index (χ0) is 9.72. The number of hydrogen-bond acceptors (Lipinski definition) is 2. The van der Waals surface area contributed by atoms with E-state index in [9.17, 15) is 9.59 Å². The molecule has 1 unspecified atom stereocenters. The second-order valence-electron chi connectivity index (χ2n) is 2.66. The first kappa shape index (κ1) is 11.4. The van der Waals surface area contributed by atoms with Gasteiger partial charge in [0, 0.05) is 14.1 Å². The molecule has 0 radical (unpaired) electrons. The minimum Gasteiger partial charge on any atom is -0.347 e. The molecule has 5 heteroatoms. The highest BCUT2D eigenvalue weighted by Crippen LogP contribution is 1.89. The molecule has 0 saturated heterocycles. The van der Waals surface area contributed by atoms with Crippen LogP contribution in [0.25, 0.3) is 0 Å². The summed E-state index contributed by atoms with van der Waals surface area (Å²) in [5.74, 6) is -0.290. The predicted molar refractivity (Wildman–Crippen MR) is 50.1 cm³/mol. The molecule has 12 heavy (non-hydrogen) atoms. The van der Waals surface area contributed by atoms with E-state index in [1.807, 2.05) is 0 Å². The average molecular weight is 237 g/mol. The lowest BCUT2D eigenvalue weighted by molar-refractivity contribution is -0.133. The monoisotopic (exact) mass is 236 g/mol. The van der Waals surface area contributed by atoms with E-state index in [4.69, 9.17) is 0 Å². The number of carbonyl (C=O) groups excluding carboxylic acids is 2. The summed E-state index contributed by atoms with van der Waals surface area (Å²) in [7, 11) is 3.30. The topological polar surface area (TPSA) is 49.4 Å². The van der Waals surface area contributed by atoms with E-state index in [2.05, 4.69) is 21.2 Å². The number of nitrogens with one attached hydrogen (secondary N) is 1. The number of amides is 2. The summed E-state index contributed by atoms with van der Waals surface area (Å²) in [5, 5.41) is 2.75. The highest BCUT2D eigenvalue weighted by atomic mass is 79.9. The first-order chi connectivity index (χ1) is 5.49. The van der Waals surface area contributed by atoms with Crippen LogP contribution in [0.4, 0.5) is 0 Å². The van der Waals surface area contributed by atoms with E-state index in [0.29, 0.717) is 0 Å². The van der Waals surface area contributed by atoms with Crippen molar-refractivity contribution in [2.24, 2.45) is 0 Å². The number of nitrogens with zero attached hydrogens (tertiary/aromatic N) is 1. The average Bonchev–Trinajstić information content (AvgIpc) is 2.02. The molecule has 0 rings (SSSR count). The number of carbonyl (C=O) groups is 2. The van der Waals surface area contributed by atoms with Crippen molar-refractivity contribution >= 4 is 27.7 Å². The quantitative estimate of drug-likeness (QED) is 0.701. The van der Waals surface area contributed by atoms with Gasteiger partial charge in [-0.2, -0.15) is 0 Å². The Morgan fingerprint density at radius 1 is 1.50 bits per heavy atom. The van der Waals surface area contributed by atoms with Gasteiger partial charge >= 0.3 is 0 Å². The summed E-state index contributed by atoms with van der Waals surface area (Å²) in [6.45, 7) is 1.66. The van der Waals surface area contributed by atoms with Gasteiger partial charge in [-0.3, -0.25) is 9.59 Å². The van der Waals surface area contributed by atoms with Gasteiger partial charge in [-0.15, -0.1) is 0 Å². The van der Waals surface area contributed by atoms with Crippen LogP contribution in [0.15, 0.2) is 0 Å². The van der Waals surface area contributed by atoms with E-state index in [1.54, 1.807) is 21.0 Å². The molecule has 0 fully saturated rings. The first-order valence-corrected chi connectivity index (χ1v) is 4.67.